The van der Waals surface area contributed by atoms with E-state index in [1.165, 1.54) is 0 Å². The Morgan fingerprint density at radius 2 is 2.41 bits per heavy atom. The smallest absolute Gasteiger partial charge is 0.125 e. The van der Waals surface area contributed by atoms with E-state index in [0.29, 0.717) is 25.7 Å². The van der Waals surface area contributed by atoms with Gasteiger partial charge in [0.2, 0.25) is 0 Å². The number of pyridine rings is 1. The van der Waals surface area contributed by atoms with E-state index in [0.717, 1.165) is 38.5 Å². The van der Waals surface area contributed by atoms with E-state index in [1.54, 1.807) is 6.20 Å². The molecule has 0 aromatic carbocycles. The summed E-state index contributed by atoms with van der Waals surface area (Å²) in [6, 6.07) is 5.87. The zero-order chi connectivity index (χ0) is 15.3. The van der Waals surface area contributed by atoms with Crippen LogP contribution in [0.2, 0.25) is 0 Å². The molecule has 0 amide bonds. The minimum atomic E-state index is -0.220. The Morgan fingerprint density at radius 1 is 1.45 bits per heavy atom. The first-order chi connectivity index (χ1) is 10.8. The van der Waals surface area contributed by atoms with Gasteiger partial charge < -0.3 is 19.9 Å². The van der Waals surface area contributed by atoms with Gasteiger partial charge in [0.05, 0.1) is 26.4 Å². The third kappa shape index (κ3) is 3.95. The normalized spacial score (nSPS) is 29.6. The molecule has 2 N–H and O–H groups in total. The van der Waals surface area contributed by atoms with Crippen LogP contribution in [0.1, 0.15) is 6.42 Å². The van der Waals surface area contributed by atoms with Gasteiger partial charge in [0, 0.05) is 38.3 Å². The quantitative estimate of drug-likeness (QED) is 0.830. The predicted octanol–water partition coefficient (Wildman–Crippen LogP) is 0.593. The van der Waals surface area contributed by atoms with E-state index < -0.39 is 0 Å². The Bertz CT molecular complexity index is 459. The Hall–Kier alpha value is -1.21. The van der Waals surface area contributed by atoms with E-state index in [-0.39, 0.29) is 12.2 Å². The number of β-amino-alcohol motifs (C(OH)–C–C–N with tert-alkyl or cyclic N) is 1. The van der Waals surface area contributed by atoms with Gasteiger partial charge in [0.1, 0.15) is 11.4 Å². The molecule has 6 nitrogen and oxygen atoms in total. The lowest BCUT2D eigenvalue weighted by molar-refractivity contribution is -0.0563. The van der Waals surface area contributed by atoms with Gasteiger partial charge >= 0.3 is 0 Å². The Labute approximate surface area is 131 Å². The number of aliphatic hydroxyl groups is 1. The number of anilines is 1. The van der Waals surface area contributed by atoms with Crippen molar-refractivity contribution in [2.45, 2.75) is 12.0 Å². The maximum absolute atomic E-state index is 9.16. The van der Waals surface area contributed by atoms with E-state index >= 15 is 0 Å². The fourth-order valence-corrected chi connectivity index (χ4v) is 3.31. The van der Waals surface area contributed by atoms with Gasteiger partial charge in [0.15, 0.2) is 0 Å². The molecule has 0 unspecified atom stereocenters. The third-order valence-electron chi connectivity index (χ3n) is 4.37. The molecule has 2 atom stereocenters. The first-order valence-corrected chi connectivity index (χ1v) is 7.99. The van der Waals surface area contributed by atoms with Crippen LogP contribution in [0.15, 0.2) is 24.4 Å². The number of aliphatic hydroxyl groups excluding tert-OH is 1. The highest BCUT2D eigenvalue weighted by Crippen LogP contribution is 2.32. The van der Waals surface area contributed by atoms with Gasteiger partial charge in [-0.2, -0.15) is 0 Å². The van der Waals surface area contributed by atoms with Crippen molar-refractivity contribution in [3.63, 3.8) is 0 Å². The van der Waals surface area contributed by atoms with Crippen LogP contribution < -0.4 is 5.32 Å². The third-order valence-corrected chi connectivity index (χ3v) is 4.37. The highest BCUT2D eigenvalue weighted by Gasteiger charge is 2.43. The van der Waals surface area contributed by atoms with Crippen molar-refractivity contribution in [3.8, 4) is 0 Å². The van der Waals surface area contributed by atoms with Crippen molar-refractivity contribution < 1.29 is 14.6 Å². The maximum atomic E-state index is 9.16. The van der Waals surface area contributed by atoms with Crippen LogP contribution in [0.5, 0.6) is 0 Å². The molecule has 1 aromatic rings. The van der Waals surface area contributed by atoms with E-state index in [2.05, 4.69) is 15.2 Å². The molecule has 0 bridgehead atoms. The molecule has 2 aliphatic rings. The van der Waals surface area contributed by atoms with Gasteiger partial charge in [-0.25, -0.2) is 4.98 Å². The first-order valence-electron chi connectivity index (χ1n) is 7.99. The molecular formula is C16H25N3O3. The zero-order valence-corrected chi connectivity index (χ0v) is 12.9. The summed E-state index contributed by atoms with van der Waals surface area (Å²) in [7, 11) is 0. The lowest BCUT2D eigenvalue weighted by atomic mass is 9.94. The van der Waals surface area contributed by atoms with Crippen LogP contribution in [0, 0.1) is 5.92 Å². The number of hydrogen-bond donors (Lipinski definition) is 2. The molecule has 2 aliphatic heterocycles. The van der Waals surface area contributed by atoms with Crippen molar-refractivity contribution in [2.24, 2.45) is 5.92 Å². The van der Waals surface area contributed by atoms with Gasteiger partial charge in [0.25, 0.3) is 0 Å². The van der Waals surface area contributed by atoms with Crippen molar-refractivity contribution >= 4 is 5.82 Å². The second-order valence-electron chi connectivity index (χ2n) is 6.21. The summed E-state index contributed by atoms with van der Waals surface area (Å²) in [5.74, 6) is 1.36. The largest absolute Gasteiger partial charge is 0.395 e. The Morgan fingerprint density at radius 3 is 3.23 bits per heavy atom. The molecule has 2 saturated heterocycles. The lowest BCUT2D eigenvalue weighted by Crippen LogP contribution is -2.45. The predicted molar refractivity (Wildman–Crippen MR) is 83.9 cm³/mol. The SMILES string of the molecule is OCCN1CCOC[C@@]2(C[C@@H](CNc3ccccn3)CO2)C1. The average molecular weight is 307 g/mol. The summed E-state index contributed by atoms with van der Waals surface area (Å²) in [6.45, 7) is 5.54. The van der Waals surface area contributed by atoms with Gasteiger partial charge in [-0.05, 0) is 18.6 Å². The molecule has 6 heteroatoms. The second kappa shape index (κ2) is 7.37. The van der Waals surface area contributed by atoms with Crippen molar-refractivity contribution in [3.05, 3.63) is 24.4 Å². The fraction of sp³-hybridized carbons (Fsp3) is 0.688. The highest BCUT2D eigenvalue weighted by atomic mass is 16.5. The van der Waals surface area contributed by atoms with E-state index in [4.69, 9.17) is 14.6 Å². The summed E-state index contributed by atoms with van der Waals surface area (Å²) >= 11 is 0. The number of ether oxygens (including phenoxy) is 2. The number of nitrogens with zero attached hydrogens (tertiary/aromatic N) is 2. The zero-order valence-electron chi connectivity index (χ0n) is 12.9. The molecule has 122 valence electrons. The van der Waals surface area contributed by atoms with Crippen molar-refractivity contribution in [1.29, 1.82) is 0 Å². The molecule has 22 heavy (non-hydrogen) atoms. The Kier molecular flexibility index (Phi) is 5.25. The highest BCUT2D eigenvalue weighted by molar-refractivity contribution is 5.33. The average Bonchev–Trinajstić information content (AvgIpc) is 2.82. The number of hydrogen-bond acceptors (Lipinski definition) is 6. The lowest BCUT2D eigenvalue weighted by Gasteiger charge is -2.30. The maximum Gasteiger partial charge on any atom is 0.125 e. The molecule has 0 radical (unpaired) electrons. The molecule has 0 aliphatic carbocycles. The van der Waals surface area contributed by atoms with Crippen LogP contribution in [0.3, 0.4) is 0 Å². The molecule has 3 heterocycles. The molecule has 3 rings (SSSR count). The standard InChI is InChI=1S/C16H25N3O3/c20-7-5-19-6-8-21-13-16(12-19)9-14(11-22-16)10-18-15-3-1-2-4-17-15/h1-4,14,20H,5-13H2,(H,17,18)/t14-,16+/m0/s1. The second-order valence-corrected chi connectivity index (χ2v) is 6.21. The van der Waals surface area contributed by atoms with Gasteiger partial charge in [-0.15, -0.1) is 0 Å². The van der Waals surface area contributed by atoms with Gasteiger partial charge in [-0.1, -0.05) is 6.07 Å². The van der Waals surface area contributed by atoms with Crippen LogP contribution in [-0.4, -0.2) is 73.2 Å². The molecule has 1 spiro atoms. The summed E-state index contributed by atoms with van der Waals surface area (Å²) in [6.07, 6.45) is 2.77. The number of nitrogens with one attached hydrogen (secondary N) is 1. The summed E-state index contributed by atoms with van der Waals surface area (Å²) in [5, 5.41) is 12.5. The fourth-order valence-electron chi connectivity index (χ4n) is 3.31. The Balaban J connectivity index is 1.53. The van der Waals surface area contributed by atoms with E-state index in [1.807, 2.05) is 18.2 Å². The topological polar surface area (TPSA) is 66.9 Å². The molecule has 0 saturated carbocycles. The van der Waals surface area contributed by atoms with Gasteiger partial charge in [-0.3, -0.25) is 4.90 Å². The molecule has 1 aromatic heterocycles. The molecular weight excluding hydrogens is 282 g/mol. The van der Waals surface area contributed by atoms with Crippen LogP contribution in [0.4, 0.5) is 5.82 Å². The summed E-state index contributed by atoms with van der Waals surface area (Å²) < 4.78 is 11.9. The van der Waals surface area contributed by atoms with Crippen molar-refractivity contribution in [1.82, 2.24) is 9.88 Å². The van der Waals surface area contributed by atoms with E-state index in [9.17, 15) is 0 Å². The van der Waals surface area contributed by atoms with Crippen LogP contribution in [-0.2, 0) is 9.47 Å². The number of rotatable bonds is 5. The monoisotopic (exact) mass is 307 g/mol. The molecule has 2 fully saturated rings. The van der Waals surface area contributed by atoms with Crippen molar-refractivity contribution in [2.75, 3.05) is 57.9 Å². The minimum absolute atomic E-state index is 0.181. The van der Waals surface area contributed by atoms with Crippen LogP contribution in [0.25, 0.3) is 0 Å². The summed E-state index contributed by atoms with van der Waals surface area (Å²) in [4.78, 5) is 6.52. The van der Waals surface area contributed by atoms with Crippen LogP contribution >= 0.6 is 0 Å². The minimum Gasteiger partial charge on any atom is -0.395 e. The summed E-state index contributed by atoms with van der Waals surface area (Å²) in [5.41, 5.74) is -0.220. The first kappa shape index (κ1) is 15.7. The number of aromatic nitrogens is 1.